The maximum absolute atomic E-state index is 12.3. The minimum Gasteiger partial charge on any atom is -0.758 e. The normalized spacial score (nSPS) is 28.9. The van der Waals surface area contributed by atoms with Gasteiger partial charge in [-0.2, -0.15) is 0 Å². The minimum atomic E-state index is -0.164. The average Bonchev–Trinajstić information content (AvgIpc) is 2.87. The second-order valence-electron chi connectivity index (χ2n) is 4.60. The van der Waals surface area contributed by atoms with Crippen LogP contribution in [0.5, 0.6) is 0 Å². The molecule has 1 saturated carbocycles. The number of rotatable bonds is 1. The lowest BCUT2D eigenvalue weighted by Crippen LogP contribution is -2.48. The summed E-state index contributed by atoms with van der Waals surface area (Å²) in [6.45, 7) is 0. The number of thiophene rings is 1. The molecule has 0 amide bonds. The summed E-state index contributed by atoms with van der Waals surface area (Å²) in [4.78, 5) is 12.8. The zero-order valence-electron chi connectivity index (χ0n) is 9.41. The molecule has 90 valence electrons. The molecule has 2 atom stereocenters. The molecule has 1 aromatic rings. The van der Waals surface area contributed by atoms with E-state index in [-0.39, 0.29) is 12.1 Å². The first-order chi connectivity index (χ1) is 8.27. The molecular formula is C12H14N2O2S. The van der Waals surface area contributed by atoms with E-state index in [1.807, 2.05) is 17.5 Å². The second kappa shape index (κ2) is 4.23. The SMILES string of the molecule is O=[N+]1C=C(c2cccs2)N([O-])[C@@H]2CCCC[C@H]21. The van der Waals surface area contributed by atoms with Gasteiger partial charge >= 0.3 is 0 Å². The number of nitrogens with zero attached hydrogens (tertiary/aromatic N) is 2. The van der Waals surface area contributed by atoms with Crippen molar-refractivity contribution in [2.24, 2.45) is 0 Å². The zero-order valence-corrected chi connectivity index (χ0v) is 10.2. The van der Waals surface area contributed by atoms with Gasteiger partial charge in [-0.25, -0.2) is 0 Å². The fraction of sp³-hybridized carbons (Fsp3) is 0.500. The molecule has 1 aromatic heterocycles. The molecule has 0 radical (unpaired) electrons. The Morgan fingerprint density at radius 1 is 1.41 bits per heavy atom. The zero-order chi connectivity index (χ0) is 11.8. The molecule has 17 heavy (non-hydrogen) atoms. The lowest BCUT2D eigenvalue weighted by atomic mass is 9.88. The van der Waals surface area contributed by atoms with E-state index in [1.165, 1.54) is 17.5 Å². The van der Waals surface area contributed by atoms with Gasteiger partial charge < -0.3 is 10.3 Å². The number of hydrogen-bond acceptors (Lipinski definition) is 4. The third-order valence-corrected chi connectivity index (χ3v) is 4.47. The van der Waals surface area contributed by atoms with Crippen LogP contribution in [-0.2, 0) is 0 Å². The number of fused-ring (bicyclic) bond motifs is 1. The van der Waals surface area contributed by atoms with Crippen LogP contribution in [0.4, 0.5) is 0 Å². The van der Waals surface area contributed by atoms with Crippen LogP contribution in [0.3, 0.4) is 0 Å². The Labute approximate surface area is 104 Å². The topological polar surface area (TPSA) is 46.4 Å². The Morgan fingerprint density at radius 3 is 3.00 bits per heavy atom. The first-order valence-corrected chi connectivity index (χ1v) is 6.83. The maximum Gasteiger partial charge on any atom is 0.245 e. The highest BCUT2D eigenvalue weighted by Crippen LogP contribution is 2.35. The summed E-state index contributed by atoms with van der Waals surface area (Å²) in [5.74, 6) is 0. The van der Waals surface area contributed by atoms with E-state index in [9.17, 15) is 10.1 Å². The van der Waals surface area contributed by atoms with Crippen molar-refractivity contribution in [1.29, 1.82) is 0 Å². The van der Waals surface area contributed by atoms with E-state index >= 15 is 0 Å². The summed E-state index contributed by atoms with van der Waals surface area (Å²) < 4.78 is 0.993. The highest BCUT2D eigenvalue weighted by molar-refractivity contribution is 7.11. The van der Waals surface area contributed by atoms with Crippen molar-refractivity contribution in [1.82, 2.24) is 5.06 Å². The fourth-order valence-corrected chi connectivity index (χ4v) is 3.43. The van der Waals surface area contributed by atoms with Gasteiger partial charge in [0.25, 0.3) is 0 Å². The van der Waals surface area contributed by atoms with Crippen molar-refractivity contribution in [3.63, 3.8) is 0 Å². The average molecular weight is 250 g/mol. The quantitative estimate of drug-likeness (QED) is 0.720. The van der Waals surface area contributed by atoms with E-state index < -0.39 is 0 Å². The predicted octanol–water partition coefficient (Wildman–Crippen LogP) is 2.95. The first-order valence-electron chi connectivity index (χ1n) is 5.95. The van der Waals surface area contributed by atoms with Gasteiger partial charge in [0, 0.05) is 16.1 Å². The highest BCUT2D eigenvalue weighted by atomic mass is 32.1. The van der Waals surface area contributed by atoms with E-state index in [0.717, 1.165) is 40.4 Å². The molecule has 4 nitrogen and oxygen atoms in total. The van der Waals surface area contributed by atoms with Gasteiger partial charge in [0.2, 0.25) is 12.2 Å². The van der Waals surface area contributed by atoms with Crippen LogP contribution >= 0.6 is 11.3 Å². The molecule has 5 heteroatoms. The Balaban J connectivity index is 1.97. The Bertz CT molecular complexity index is 455. The summed E-state index contributed by atoms with van der Waals surface area (Å²) in [5, 5.41) is 15.3. The molecule has 0 bridgehead atoms. The Morgan fingerprint density at radius 2 is 2.24 bits per heavy atom. The van der Waals surface area contributed by atoms with E-state index in [1.54, 1.807) is 0 Å². The highest BCUT2D eigenvalue weighted by Gasteiger charge is 2.41. The van der Waals surface area contributed by atoms with Crippen LogP contribution in [-0.4, -0.2) is 21.9 Å². The van der Waals surface area contributed by atoms with Gasteiger partial charge in [-0.15, -0.1) is 11.3 Å². The molecule has 1 aliphatic carbocycles. The number of nitroso groups, excluding NO2 is 1. The van der Waals surface area contributed by atoms with Crippen molar-refractivity contribution in [3.05, 3.63) is 38.7 Å². The molecule has 0 unspecified atom stereocenters. The summed E-state index contributed by atoms with van der Waals surface area (Å²) in [7, 11) is 0. The Hall–Kier alpha value is -1.20. The fourth-order valence-electron chi connectivity index (χ4n) is 2.71. The summed E-state index contributed by atoms with van der Waals surface area (Å²) in [5.41, 5.74) is 0.526. The van der Waals surface area contributed by atoms with Gasteiger partial charge in [0.15, 0.2) is 0 Å². The number of hydrogen-bond donors (Lipinski definition) is 0. The minimum absolute atomic E-state index is 0.148. The summed E-state index contributed by atoms with van der Waals surface area (Å²) in [6.07, 6.45) is 5.23. The Kier molecular flexibility index (Phi) is 2.72. The van der Waals surface area contributed by atoms with Crippen LogP contribution < -0.4 is 0 Å². The van der Waals surface area contributed by atoms with Crippen LogP contribution in [0, 0.1) is 10.1 Å². The molecule has 1 aliphatic heterocycles. The van der Waals surface area contributed by atoms with Gasteiger partial charge in [-0.1, -0.05) is 12.5 Å². The summed E-state index contributed by atoms with van der Waals surface area (Å²) in [6, 6.07) is 3.48. The van der Waals surface area contributed by atoms with Crippen molar-refractivity contribution < 1.29 is 4.76 Å². The largest absolute Gasteiger partial charge is 0.758 e. The van der Waals surface area contributed by atoms with Gasteiger partial charge in [0.1, 0.15) is 5.70 Å². The van der Waals surface area contributed by atoms with Crippen molar-refractivity contribution in [2.75, 3.05) is 0 Å². The van der Waals surface area contributed by atoms with Gasteiger partial charge in [0.05, 0.1) is 10.9 Å². The molecule has 0 saturated heterocycles. The summed E-state index contributed by atoms with van der Waals surface area (Å²) >= 11 is 1.50. The van der Waals surface area contributed by atoms with E-state index in [4.69, 9.17) is 0 Å². The van der Waals surface area contributed by atoms with Crippen molar-refractivity contribution >= 4 is 17.0 Å². The van der Waals surface area contributed by atoms with Gasteiger partial charge in [-0.05, 0) is 24.3 Å². The molecule has 2 heterocycles. The van der Waals surface area contributed by atoms with Crippen molar-refractivity contribution in [2.45, 2.75) is 37.8 Å². The number of hydroxylamine groups is 2. The molecule has 1 fully saturated rings. The lowest BCUT2D eigenvalue weighted by molar-refractivity contribution is -0.536. The van der Waals surface area contributed by atoms with E-state index in [2.05, 4.69) is 0 Å². The molecule has 0 aromatic carbocycles. The molecule has 0 N–H and O–H groups in total. The maximum atomic E-state index is 12.3. The van der Waals surface area contributed by atoms with Crippen LogP contribution in [0.15, 0.2) is 23.7 Å². The standard InChI is InChI=1S/C12H14N2O2S/c15-13-8-11(12-6-3-7-17-12)14(16)10-5-2-1-4-9(10)13/h3,6-10H,1-2,4-5H2/t9-,10-/m1/s1. The second-order valence-corrected chi connectivity index (χ2v) is 5.54. The predicted molar refractivity (Wildman–Crippen MR) is 67.2 cm³/mol. The first kappa shape index (κ1) is 10.9. The van der Waals surface area contributed by atoms with Crippen LogP contribution in [0.1, 0.15) is 30.6 Å². The van der Waals surface area contributed by atoms with E-state index in [0.29, 0.717) is 5.70 Å². The van der Waals surface area contributed by atoms with Crippen LogP contribution in [0.2, 0.25) is 0 Å². The molecule has 3 rings (SSSR count). The molecule has 0 spiro atoms. The third-order valence-electron chi connectivity index (χ3n) is 3.58. The molecular weight excluding hydrogens is 236 g/mol. The smallest absolute Gasteiger partial charge is 0.245 e. The van der Waals surface area contributed by atoms with Gasteiger partial charge in [-0.3, -0.25) is 0 Å². The molecule has 2 aliphatic rings. The lowest BCUT2D eigenvalue weighted by Gasteiger charge is -2.44. The van der Waals surface area contributed by atoms with Crippen LogP contribution in [0.25, 0.3) is 5.70 Å². The van der Waals surface area contributed by atoms with Crippen molar-refractivity contribution in [3.8, 4) is 0 Å². The third kappa shape index (κ3) is 1.79. The monoisotopic (exact) mass is 250 g/mol.